The maximum absolute atomic E-state index is 12.2. The number of nitrogens with zero attached hydrogens (tertiary/aromatic N) is 2. The van der Waals surface area contributed by atoms with Crippen molar-refractivity contribution < 1.29 is 5.21 Å². The van der Waals surface area contributed by atoms with Gasteiger partial charge in [-0.05, 0) is 12.5 Å². The van der Waals surface area contributed by atoms with Gasteiger partial charge in [0.25, 0.3) is 0 Å². The zero-order valence-corrected chi connectivity index (χ0v) is 12.2. The van der Waals surface area contributed by atoms with Crippen LogP contribution in [-0.4, -0.2) is 14.9 Å². The molecule has 1 aromatic heterocycles. The predicted molar refractivity (Wildman–Crippen MR) is 85.1 cm³/mol. The smallest absolute Gasteiger partial charge is 0.305 e. The Balaban J connectivity index is 2.12. The highest BCUT2D eigenvalue weighted by Gasteiger charge is 2.14. The molecule has 0 saturated carbocycles. The van der Waals surface area contributed by atoms with Gasteiger partial charge in [0, 0.05) is 12.0 Å². The fourth-order valence-corrected chi connectivity index (χ4v) is 2.41. The van der Waals surface area contributed by atoms with Gasteiger partial charge in [0.05, 0.1) is 11.4 Å². The third-order valence-corrected chi connectivity index (χ3v) is 3.61. The summed E-state index contributed by atoms with van der Waals surface area (Å²) in [6, 6.07) is 19.2. The van der Waals surface area contributed by atoms with Gasteiger partial charge in [0.15, 0.2) is 0 Å². The van der Waals surface area contributed by atoms with Gasteiger partial charge >= 0.3 is 5.56 Å². The van der Waals surface area contributed by atoms with E-state index in [1.54, 1.807) is 6.92 Å². The highest BCUT2D eigenvalue weighted by molar-refractivity contribution is 5.61. The van der Waals surface area contributed by atoms with Crippen molar-refractivity contribution in [3.8, 4) is 11.3 Å². The van der Waals surface area contributed by atoms with Gasteiger partial charge in [-0.3, -0.25) is 4.79 Å². The molecule has 0 amide bonds. The van der Waals surface area contributed by atoms with Gasteiger partial charge < -0.3 is 5.21 Å². The molecule has 0 spiro atoms. The monoisotopic (exact) mass is 292 g/mol. The molecule has 0 saturated heterocycles. The zero-order chi connectivity index (χ0) is 15.5. The minimum absolute atomic E-state index is 0.332. The first-order valence-electron chi connectivity index (χ1n) is 7.08. The van der Waals surface area contributed by atoms with Crippen LogP contribution in [0.5, 0.6) is 0 Å². The lowest BCUT2D eigenvalue weighted by molar-refractivity contribution is 0.166. The van der Waals surface area contributed by atoms with Gasteiger partial charge in [-0.2, -0.15) is 0 Å². The van der Waals surface area contributed by atoms with E-state index in [0.29, 0.717) is 28.2 Å². The molecule has 110 valence electrons. The summed E-state index contributed by atoms with van der Waals surface area (Å²) in [4.78, 5) is 16.7. The van der Waals surface area contributed by atoms with E-state index < -0.39 is 5.56 Å². The Morgan fingerprint density at radius 3 is 2.23 bits per heavy atom. The molecular formula is C18H16N2O2. The molecule has 0 fully saturated rings. The number of aromatic nitrogens is 2. The molecule has 2 aromatic carbocycles. The Morgan fingerprint density at radius 1 is 1.00 bits per heavy atom. The molecule has 1 N–H and O–H groups in total. The van der Waals surface area contributed by atoms with E-state index in [1.807, 2.05) is 60.7 Å². The van der Waals surface area contributed by atoms with Crippen molar-refractivity contribution in [3.05, 3.63) is 88.0 Å². The van der Waals surface area contributed by atoms with Crippen LogP contribution >= 0.6 is 0 Å². The van der Waals surface area contributed by atoms with E-state index in [9.17, 15) is 10.0 Å². The van der Waals surface area contributed by atoms with Crippen LogP contribution in [0, 0.1) is 6.92 Å². The highest BCUT2D eigenvalue weighted by Crippen LogP contribution is 2.20. The Bertz CT molecular complexity index is 840. The number of hydrogen-bond acceptors (Lipinski definition) is 3. The fourth-order valence-electron chi connectivity index (χ4n) is 2.41. The van der Waals surface area contributed by atoms with E-state index in [4.69, 9.17) is 0 Å². The first-order chi connectivity index (χ1) is 10.7. The Hall–Kier alpha value is -2.88. The van der Waals surface area contributed by atoms with E-state index in [2.05, 4.69) is 4.98 Å². The maximum Gasteiger partial charge on any atom is 0.305 e. The molecular weight excluding hydrogens is 276 g/mol. The fraction of sp³-hybridized carbons (Fsp3) is 0.111. The van der Waals surface area contributed by atoms with E-state index in [-0.39, 0.29) is 0 Å². The second-order valence-corrected chi connectivity index (χ2v) is 5.14. The first-order valence-corrected chi connectivity index (χ1v) is 7.08. The Morgan fingerprint density at radius 2 is 1.59 bits per heavy atom. The van der Waals surface area contributed by atoms with Gasteiger partial charge in [0.1, 0.15) is 5.69 Å². The molecule has 0 radical (unpaired) electrons. The minimum Gasteiger partial charge on any atom is -0.425 e. The molecule has 0 unspecified atom stereocenters. The van der Waals surface area contributed by atoms with Crippen molar-refractivity contribution in [2.75, 3.05) is 0 Å². The standard InChI is InChI=1S/C18H16N2O2/c1-13-17(15-10-6-3-7-11-15)19-16(18(21)20(13)22)12-14-8-4-2-5-9-14/h2-11,22H,12H2,1H3. The normalized spacial score (nSPS) is 10.6. The molecule has 0 aliphatic carbocycles. The lowest BCUT2D eigenvalue weighted by Crippen LogP contribution is -2.26. The molecule has 0 aliphatic rings. The molecule has 0 aliphatic heterocycles. The van der Waals surface area contributed by atoms with Crippen molar-refractivity contribution in [1.82, 2.24) is 9.71 Å². The maximum atomic E-state index is 12.2. The van der Waals surface area contributed by atoms with Crippen LogP contribution in [0.3, 0.4) is 0 Å². The Kier molecular flexibility index (Phi) is 3.74. The van der Waals surface area contributed by atoms with Crippen LogP contribution in [0.1, 0.15) is 17.0 Å². The lowest BCUT2D eigenvalue weighted by Gasteiger charge is -2.11. The second-order valence-electron chi connectivity index (χ2n) is 5.14. The van der Waals surface area contributed by atoms with Crippen molar-refractivity contribution in [3.63, 3.8) is 0 Å². The summed E-state index contributed by atoms with van der Waals surface area (Å²) in [6.45, 7) is 1.68. The summed E-state index contributed by atoms with van der Waals surface area (Å²) < 4.78 is 0.688. The number of rotatable bonds is 3. The Labute approximate surface area is 128 Å². The van der Waals surface area contributed by atoms with E-state index >= 15 is 0 Å². The van der Waals surface area contributed by atoms with Crippen LogP contribution in [0.15, 0.2) is 65.5 Å². The number of hydrogen-bond donors (Lipinski definition) is 1. The molecule has 3 aromatic rings. The third-order valence-electron chi connectivity index (χ3n) is 3.61. The lowest BCUT2D eigenvalue weighted by atomic mass is 10.1. The summed E-state index contributed by atoms with van der Waals surface area (Å²) in [5, 5.41) is 10.1. The average Bonchev–Trinajstić information content (AvgIpc) is 2.57. The summed E-state index contributed by atoms with van der Waals surface area (Å²) in [5.41, 5.74) is 2.77. The average molecular weight is 292 g/mol. The molecule has 3 rings (SSSR count). The van der Waals surface area contributed by atoms with Crippen LogP contribution in [0.4, 0.5) is 0 Å². The topological polar surface area (TPSA) is 55.1 Å². The van der Waals surface area contributed by atoms with Gasteiger partial charge in [-0.1, -0.05) is 60.7 Å². The van der Waals surface area contributed by atoms with E-state index in [0.717, 1.165) is 11.1 Å². The molecule has 22 heavy (non-hydrogen) atoms. The molecule has 4 nitrogen and oxygen atoms in total. The van der Waals surface area contributed by atoms with Gasteiger partial charge in [0.2, 0.25) is 0 Å². The van der Waals surface area contributed by atoms with E-state index in [1.165, 1.54) is 0 Å². The summed E-state index contributed by atoms with van der Waals surface area (Å²) in [5.74, 6) is 0. The van der Waals surface area contributed by atoms with Crippen molar-refractivity contribution in [2.24, 2.45) is 0 Å². The predicted octanol–water partition coefficient (Wildman–Crippen LogP) is 3.05. The second kappa shape index (κ2) is 5.85. The zero-order valence-electron chi connectivity index (χ0n) is 12.2. The molecule has 1 heterocycles. The summed E-state index contributed by atoms with van der Waals surface area (Å²) in [6.07, 6.45) is 0.389. The van der Waals surface area contributed by atoms with Crippen molar-refractivity contribution >= 4 is 0 Å². The number of benzene rings is 2. The van der Waals surface area contributed by atoms with Crippen LogP contribution in [0.25, 0.3) is 11.3 Å². The van der Waals surface area contributed by atoms with Crippen LogP contribution in [-0.2, 0) is 6.42 Å². The van der Waals surface area contributed by atoms with Crippen molar-refractivity contribution in [1.29, 1.82) is 0 Å². The highest BCUT2D eigenvalue weighted by atomic mass is 16.5. The largest absolute Gasteiger partial charge is 0.425 e. The van der Waals surface area contributed by atoms with Crippen LogP contribution < -0.4 is 5.56 Å². The minimum atomic E-state index is -0.471. The first kappa shape index (κ1) is 14.1. The van der Waals surface area contributed by atoms with Crippen LogP contribution in [0.2, 0.25) is 0 Å². The summed E-state index contributed by atoms with van der Waals surface area (Å²) >= 11 is 0. The SMILES string of the molecule is Cc1c(-c2ccccc2)nc(Cc2ccccc2)c(=O)n1O. The van der Waals surface area contributed by atoms with Gasteiger partial charge in [-0.25, -0.2) is 4.98 Å². The van der Waals surface area contributed by atoms with Crippen molar-refractivity contribution in [2.45, 2.75) is 13.3 Å². The molecule has 0 bridgehead atoms. The molecule has 0 atom stereocenters. The third kappa shape index (κ3) is 2.63. The quantitative estimate of drug-likeness (QED) is 0.755. The summed E-state index contributed by atoms with van der Waals surface area (Å²) in [7, 11) is 0. The van der Waals surface area contributed by atoms with Gasteiger partial charge in [-0.15, -0.1) is 4.73 Å². The molecule has 4 heteroatoms.